The molecular formula is C14H16Cl2N2O4. The van der Waals surface area contributed by atoms with Gasteiger partial charge in [-0.2, -0.15) is 0 Å². The van der Waals surface area contributed by atoms with Crippen molar-refractivity contribution in [3.63, 3.8) is 0 Å². The van der Waals surface area contributed by atoms with Crippen LogP contribution in [0.15, 0.2) is 18.2 Å². The number of benzene rings is 1. The minimum atomic E-state index is -0.769. The van der Waals surface area contributed by atoms with Gasteiger partial charge in [0.1, 0.15) is 0 Å². The molecule has 0 aromatic heterocycles. The van der Waals surface area contributed by atoms with Gasteiger partial charge in [0.25, 0.3) is 5.91 Å². The number of carbonyl (C=O) groups excluding carboxylic acids is 3. The highest BCUT2D eigenvalue weighted by molar-refractivity contribution is 6.43. The van der Waals surface area contributed by atoms with Gasteiger partial charge in [-0.1, -0.05) is 29.3 Å². The van der Waals surface area contributed by atoms with Gasteiger partial charge in [0.05, 0.1) is 22.2 Å². The number of esters is 1. The fourth-order valence-electron chi connectivity index (χ4n) is 1.47. The first-order valence-corrected chi connectivity index (χ1v) is 7.24. The topological polar surface area (TPSA) is 84.5 Å². The Balaban J connectivity index is 2.42. The smallest absolute Gasteiger partial charge is 0.340 e. The molecule has 2 amide bonds. The van der Waals surface area contributed by atoms with E-state index in [4.69, 9.17) is 27.9 Å². The summed E-state index contributed by atoms with van der Waals surface area (Å²) in [5, 5.41) is 5.22. The lowest BCUT2D eigenvalue weighted by atomic mass is 10.2. The first kappa shape index (κ1) is 18.3. The van der Waals surface area contributed by atoms with Crippen molar-refractivity contribution in [3.05, 3.63) is 33.8 Å². The quantitative estimate of drug-likeness (QED) is 0.769. The summed E-state index contributed by atoms with van der Waals surface area (Å²) >= 11 is 11.7. The SMILES string of the molecule is CC(C)NC(=O)CNC(=O)COC(=O)c1cccc(Cl)c1Cl. The third-order valence-corrected chi connectivity index (χ3v) is 3.22. The molecule has 0 unspecified atom stereocenters. The third-order valence-electron chi connectivity index (χ3n) is 2.40. The summed E-state index contributed by atoms with van der Waals surface area (Å²) in [6, 6.07) is 4.49. The van der Waals surface area contributed by atoms with Crippen LogP contribution >= 0.6 is 23.2 Å². The average molecular weight is 347 g/mol. The number of halogens is 2. The number of rotatable bonds is 6. The predicted octanol–water partition coefficient (Wildman–Crippen LogP) is 1.79. The Morgan fingerprint density at radius 3 is 2.50 bits per heavy atom. The van der Waals surface area contributed by atoms with E-state index in [0.717, 1.165) is 0 Å². The Bertz CT molecular complexity index is 576. The van der Waals surface area contributed by atoms with Crippen LogP contribution in [-0.4, -0.2) is 37.0 Å². The number of nitrogens with one attached hydrogen (secondary N) is 2. The summed E-state index contributed by atoms with van der Waals surface area (Å²) in [4.78, 5) is 34.6. The van der Waals surface area contributed by atoms with Crippen molar-refractivity contribution >= 4 is 41.0 Å². The number of carbonyl (C=O) groups is 3. The van der Waals surface area contributed by atoms with Crippen LogP contribution in [0.5, 0.6) is 0 Å². The Kier molecular flexibility index (Phi) is 7.14. The van der Waals surface area contributed by atoms with Gasteiger partial charge in [-0.3, -0.25) is 9.59 Å². The summed E-state index contributed by atoms with van der Waals surface area (Å²) < 4.78 is 4.81. The molecule has 0 heterocycles. The molecule has 0 bridgehead atoms. The normalized spacial score (nSPS) is 10.2. The number of hydrogen-bond acceptors (Lipinski definition) is 4. The highest BCUT2D eigenvalue weighted by atomic mass is 35.5. The molecule has 0 fully saturated rings. The molecule has 2 N–H and O–H groups in total. The summed E-state index contributed by atoms with van der Waals surface area (Å²) in [6.45, 7) is 2.90. The molecule has 22 heavy (non-hydrogen) atoms. The van der Waals surface area contributed by atoms with E-state index >= 15 is 0 Å². The summed E-state index contributed by atoms with van der Waals surface area (Å²) in [5.41, 5.74) is 0.0690. The highest BCUT2D eigenvalue weighted by Gasteiger charge is 2.15. The monoisotopic (exact) mass is 346 g/mol. The maximum atomic E-state index is 11.8. The summed E-state index contributed by atoms with van der Waals surface area (Å²) in [7, 11) is 0. The Hall–Kier alpha value is -1.79. The van der Waals surface area contributed by atoms with Crippen LogP contribution in [0.4, 0.5) is 0 Å². The Labute approximate surface area is 138 Å². The molecular weight excluding hydrogens is 331 g/mol. The number of ether oxygens (including phenoxy) is 1. The van der Waals surface area contributed by atoms with E-state index in [9.17, 15) is 14.4 Å². The van der Waals surface area contributed by atoms with Crippen LogP contribution in [0.25, 0.3) is 0 Å². The Morgan fingerprint density at radius 1 is 1.18 bits per heavy atom. The van der Waals surface area contributed by atoms with Crippen molar-refractivity contribution in [3.8, 4) is 0 Å². The average Bonchev–Trinajstić information content (AvgIpc) is 2.44. The third kappa shape index (κ3) is 5.91. The van der Waals surface area contributed by atoms with E-state index in [0.29, 0.717) is 0 Å². The maximum Gasteiger partial charge on any atom is 0.340 e. The second-order valence-corrected chi connectivity index (χ2v) is 5.46. The zero-order chi connectivity index (χ0) is 16.7. The predicted molar refractivity (Wildman–Crippen MR) is 83.0 cm³/mol. The lowest BCUT2D eigenvalue weighted by molar-refractivity contribution is -0.128. The van der Waals surface area contributed by atoms with Gasteiger partial charge >= 0.3 is 5.97 Å². The van der Waals surface area contributed by atoms with E-state index in [-0.39, 0.29) is 34.1 Å². The molecule has 0 saturated heterocycles. The second kappa shape index (κ2) is 8.60. The van der Waals surface area contributed by atoms with E-state index in [1.54, 1.807) is 19.9 Å². The molecule has 0 aliphatic carbocycles. The van der Waals surface area contributed by atoms with Gasteiger partial charge in [-0.05, 0) is 26.0 Å². The number of hydrogen-bond donors (Lipinski definition) is 2. The first-order chi connectivity index (χ1) is 10.3. The van der Waals surface area contributed by atoms with Crippen LogP contribution in [0, 0.1) is 0 Å². The van der Waals surface area contributed by atoms with Crippen LogP contribution in [0.2, 0.25) is 10.0 Å². The molecule has 0 aliphatic heterocycles. The molecule has 0 radical (unpaired) electrons. The minimum absolute atomic E-state index is 0.0211. The van der Waals surface area contributed by atoms with Crippen LogP contribution in [0.3, 0.4) is 0 Å². The van der Waals surface area contributed by atoms with Crippen molar-refractivity contribution in [2.24, 2.45) is 0 Å². The molecule has 1 rings (SSSR count). The molecule has 1 aromatic carbocycles. The van der Waals surface area contributed by atoms with E-state index < -0.39 is 18.5 Å². The van der Waals surface area contributed by atoms with Gasteiger partial charge in [-0.15, -0.1) is 0 Å². The standard InChI is InChI=1S/C14H16Cl2N2O4/c1-8(2)18-11(19)6-17-12(20)7-22-14(21)9-4-3-5-10(15)13(9)16/h3-5,8H,6-7H2,1-2H3,(H,17,20)(H,18,19). The summed E-state index contributed by atoms with van der Waals surface area (Å²) in [6.07, 6.45) is 0. The first-order valence-electron chi connectivity index (χ1n) is 6.48. The van der Waals surface area contributed by atoms with Gasteiger partial charge in [-0.25, -0.2) is 4.79 Å². The van der Waals surface area contributed by atoms with Crippen molar-refractivity contribution < 1.29 is 19.1 Å². The minimum Gasteiger partial charge on any atom is -0.452 e. The maximum absolute atomic E-state index is 11.8. The molecule has 8 heteroatoms. The Morgan fingerprint density at radius 2 is 1.86 bits per heavy atom. The summed E-state index contributed by atoms with van der Waals surface area (Å²) in [5.74, 6) is -1.69. The zero-order valence-corrected chi connectivity index (χ0v) is 13.6. The fourth-order valence-corrected chi connectivity index (χ4v) is 1.85. The van der Waals surface area contributed by atoms with Crippen molar-refractivity contribution in [1.29, 1.82) is 0 Å². The highest BCUT2D eigenvalue weighted by Crippen LogP contribution is 2.25. The van der Waals surface area contributed by atoms with Crippen molar-refractivity contribution in [2.75, 3.05) is 13.2 Å². The van der Waals surface area contributed by atoms with Gasteiger partial charge in [0, 0.05) is 6.04 Å². The van der Waals surface area contributed by atoms with Gasteiger partial charge < -0.3 is 15.4 Å². The molecule has 1 aromatic rings. The van der Waals surface area contributed by atoms with Gasteiger partial charge in [0.2, 0.25) is 5.91 Å². The van der Waals surface area contributed by atoms with Crippen LogP contribution in [-0.2, 0) is 14.3 Å². The molecule has 120 valence electrons. The van der Waals surface area contributed by atoms with E-state index in [2.05, 4.69) is 10.6 Å². The van der Waals surface area contributed by atoms with Gasteiger partial charge in [0.15, 0.2) is 6.61 Å². The molecule has 0 saturated carbocycles. The lowest BCUT2D eigenvalue weighted by Gasteiger charge is -2.10. The molecule has 6 nitrogen and oxygen atoms in total. The van der Waals surface area contributed by atoms with E-state index in [1.807, 2.05) is 0 Å². The van der Waals surface area contributed by atoms with E-state index in [1.165, 1.54) is 12.1 Å². The largest absolute Gasteiger partial charge is 0.452 e. The zero-order valence-electron chi connectivity index (χ0n) is 12.1. The van der Waals surface area contributed by atoms with Crippen LogP contribution < -0.4 is 10.6 Å². The molecule has 0 atom stereocenters. The molecule has 0 aliphatic rings. The van der Waals surface area contributed by atoms with Crippen LogP contribution in [0.1, 0.15) is 24.2 Å². The van der Waals surface area contributed by atoms with Crippen molar-refractivity contribution in [2.45, 2.75) is 19.9 Å². The lowest BCUT2D eigenvalue weighted by Crippen LogP contribution is -2.41. The number of amides is 2. The fraction of sp³-hybridized carbons (Fsp3) is 0.357. The van der Waals surface area contributed by atoms with Crippen molar-refractivity contribution in [1.82, 2.24) is 10.6 Å². The second-order valence-electron chi connectivity index (χ2n) is 4.68. The molecule has 0 spiro atoms.